The lowest BCUT2D eigenvalue weighted by Crippen LogP contribution is -2.20. The average Bonchev–Trinajstić information content (AvgIpc) is 2.72. The molecule has 2 atom stereocenters. The lowest BCUT2D eigenvalue weighted by atomic mass is 10.0. The standard InChI is InChI=1S/C23H49O5P/c1-5-6-7-8-9-10-11-12-13-14-15-16-17-18-20-27-22-23(25-2)19-21-28-29(4,24)26-3/h23H,5-22H2,1-4H3. The minimum absolute atomic E-state index is 0.0292. The zero-order chi connectivity index (χ0) is 21.6. The predicted molar refractivity (Wildman–Crippen MR) is 123 cm³/mol. The second-order valence-electron chi connectivity index (χ2n) is 8.10. The Bertz CT molecular complexity index is 378. The van der Waals surface area contributed by atoms with Crippen LogP contribution in [0.25, 0.3) is 0 Å². The van der Waals surface area contributed by atoms with E-state index in [9.17, 15) is 4.57 Å². The molecule has 176 valence electrons. The fraction of sp³-hybridized carbons (Fsp3) is 1.00. The highest BCUT2D eigenvalue weighted by atomic mass is 31.2. The number of ether oxygens (including phenoxy) is 2. The van der Waals surface area contributed by atoms with E-state index in [4.69, 9.17) is 18.5 Å². The first-order chi connectivity index (χ1) is 14.1. The molecule has 0 radical (unpaired) electrons. The van der Waals surface area contributed by atoms with Gasteiger partial charge in [-0.25, -0.2) is 0 Å². The second-order valence-corrected chi connectivity index (χ2v) is 10.3. The molecule has 0 heterocycles. The van der Waals surface area contributed by atoms with Gasteiger partial charge in [0.05, 0.1) is 19.3 Å². The first-order valence-electron chi connectivity index (χ1n) is 11.9. The third kappa shape index (κ3) is 21.1. The molecule has 0 rings (SSSR count). The van der Waals surface area contributed by atoms with Gasteiger partial charge in [0.15, 0.2) is 0 Å². The summed E-state index contributed by atoms with van der Waals surface area (Å²) >= 11 is 0. The van der Waals surface area contributed by atoms with Gasteiger partial charge in [0, 0.05) is 27.5 Å². The van der Waals surface area contributed by atoms with E-state index >= 15 is 0 Å². The highest BCUT2D eigenvalue weighted by molar-refractivity contribution is 7.52. The molecule has 2 unspecified atom stereocenters. The maximum Gasteiger partial charge on any atom is 0.327 e. The van der Waals surface area contributed by atoms with Crippen molar-refractivity contribution in [3.05, 3.63) is 0 Å². The number of unbranched alkanes of at least 4 members (excludes halogenated alkanes) is 13. The van der Waals surface area contributed by atoms with Crippen LogP contribution >= 0.6 is 7.60 Å². The van der Waals surface area contributed by atoms with Gasteiger partial charge in [0.1, 0.15) is 0 Å². The van der Waals surface area contributed by atoms with Gasteiger partial charge in [0.25, 0.3) is 0 Å². The molecule has 0 aromatic heterocycles. The van der Waals surface area contributed by atoms with E-state index in [1.165, 1.54) is 97.2 Å². The normalized spacial score (nSPS) is 14.8. The van der Waals surface area contributed by atoms with Crippen LogP contribution in [0.2, 0.25) is 0 Å². The van der Waals surface area contributed by atoms with Gasteiger partial charge in [-0.15, -0.1) is 0 Å². The van der Waals surface area contributed by atoms with E-state index in [1.54, 1.807) is 7.11 Å². The van der Waals surface area contributed by atoms with Gasteiger partial charge in [-0.1, -0.05) is 90.4 Å². The second kappa shape index (κ2) is 21.3. The Labute approximate surface area is 181 Å². The van der Waals surface area contributed by atoms with Gasteiger partial charge in [0.2, 0.25) is 0 Å². The van der Waals surface area contributed by atoms with E-state index in [0.717, 1.165) is 13.0 Å². The molecule has 0 spiro atoms. The summed E-state index contributed by atoms with van der Waals surface area (Å²) in [6, 6.07) is 0. The smallest absolute Gasteiger partial charge is 0.327 e. The summed E-state index contributed by atoms with van der Waals surface area (Å²) in [6.45, 7) is 5.44. The van der Waals surface area contributed by atoms with E-state index < -0.39 is 7.60 Å². The first kappa shape index (κ1) is 29.1. The first-order valence-corrected chi connectivity index (χ1v) is 13.9. The molecule has 0 aliphatic carbocycles. The average molecular weight is 437 g/mol. The van der Waals surface area contributed by atoms with Crippen molar-refractivity contribution < 1.29 is 23.1 Å². The van der Waals surface area contributed by atoms with Crippen LogP contribution in [-0.2, 0) is 23.1 Å². The zero-order valence-corrected chi connectivity index (χ0v) is 20.7. The molecule has 0 saturated carbocycles. The van der Waals surface area contributed by atoms with Crippen molar-refractivity contribution in [3.8, 4) is 0 Å². The Morgan fingerprint density at radius 3 is 1.66 bits per heavy atom. The number of hydrogen-bond donors (Lipinski definition) is 0. The van der Waals surface area contributed by atoms with Gasteiger partial charge in [-0.2, -0.15) is 0 Å². The minimum Gasteiger partial charge on any atom is -0.379 e. The van der Waals surface area contributed by atoms with E-state index in [1.807, 2.05) is 0 Å². The molecule has 0 aromatic rings. The van der Waals surface area contributed by atoms with Gasteiger partial charge >= 0.3 is 7.60 Å². The third-order valence-corrected chi connectivity index (χ3v) is 6.69. The lowest BCUT2D eigenvalue weighted by molar-refractivity contribution is -0.00312. The Morgan fingerprint density at radius 2 is 1.21 bits per heavy atom. The molecule has 0 aromatic carbocycles. The summed E-state index contributed by atoms with van der Waals surface area (Å²) < 4.78 is 32.8. The van der Waals surface area contributed by atoms with Crippen molar-refractivity contribution in [2.75, 3.05) is 40.7 Å². The molecule has 0 N–H and O–H groups in total. The fourth-order valence-corrected chi connectivity index (χ4v) is 3.83. The maximum absolute atomic E-state index is 11.7. The number of hydrogen-bond acceptors (Lipinski definition) is 5. The van der Waals surface area contributed by atoms with Gasteiger partial charge < -0.3 is 18.5 Å². The molecule has 6 heteroatoms. The minimum atomic E-state index is -2.90. The van der Waals surface area contributed by atoms with Crippen molar-refractivity contribution in [1.82, 2.24) is 0 Å². The summed E-state index contributed by atoms with van der Waals surface area (Å²) in [5, 5.41) is 0. The molecule has 5 nitrogen and oxygen atoms in total. The molecule has 0 bridgehead atoms. The van der Waals surface area contributed by atoms with Crippen molar-refractivity contribution >= 4 is 7.60 Å². The van der Waals surface area contributed by atoms with Crippen molar-refractivity contribution in [2.24, 2.45) is 0 Å². The summed E-state index contributed by atoms with van der Waals surface area (Å²) in [4.78, 5) is 0. The van der Waals surface area contributed by atoms with Crippen molar-refractivity contribution in [2.45, 2.75) is 109 Å². The SMILES string of the molecule is CCCCCCCCCCCCCCCCOCC(CCOP(C)(=O)OC)OC. The predicted octanol–water partition coefficient (Wildman–Crippen LogP) is 7.38. The monoisotopic (exact) mass is 436 g/mol. The highest BCUT2D eigenvalue weighted by Crippen LogP contribution is 2.42. The fourth-order valence-electron chi connectivity index (χ4n) is 3.29. The quantitative estimate of drug-likeness (QED) is 0.124. The molecule has 29 heavy (non-hydrogen) atoms. The Hall–Kier alpha value is 0.0700. The Balaban J connectivity index is 3.32. The van der Waals surface area contributed by atoms with Crippen LogP contribution in [0.4, 0.5) is 0 Å². The van der Waals surface area contributed by atoms with Crippen molar-refractivity contribution in [3.63, 3.8) is 0 Å². The van der Waals surface area contributed by atoms with Gasteiger partial charge in [-0.3, -0.25) is 4.57 Å². The molecule has 0 aliphatic rings. The van der Waals surface area contributed by atoms with Crippen LogP contribution in [0, 0.1) is 0 Å². The summed E-state index contributed by atoms with van der Waals surface area (Å²) in [5.41, 5.74) is 0. The molecular weight excluding hydrogens is 387 g/mol. The van der Waals surface area contributed by atoms with Gasteiger partial charge in [-0.05, 0) is 12.8 Å². The molecule has 0 amide bonds. The third-order valence-electron chi connectivity index (χ3n) is 5.38. The van der Waals surface area contributed by atoms with E-state index in [0.29, 0.717) is 19.6 Å². The lowest BCUT2D eigenvalue weighted by Gasteiger charge is -2.17. The maximum atomic E-state index is 11.7. The number of rotatable bonds is 23. The zero-order valence-electron chi connectivity index (χ0n) is 19.8. The molecule has 0 saturated heterocycles. The summed E-state index contributed by atoms with van der Waals surface area (Å²) in [5.74, 6) is 0. The molecular formula is C23H49O5P. The summed E-state index contributed by atoms with van der Waals surface area (Å²) in [7, 11) is 0.165. The van der Waals surface area contributed by atoms with Crippen LogP contribution in [0.5, 0.6) is 0 Å². The molecule has 0 aliphatic heterocycles. The van der Waals surface area contributed by atoms with Crippen molar-refractivity contribution in [1.29, 1.82) is 0 Å². The van der Waals surface area contributed by atoms with Crippen LogP contribution in [-0.4, -0.2) is 46.8 Å². The topological polar surface area (TPSA) is 54.0 Å². The number of methoxy groups -OCH3 is 1. The van der Waals surface area contributed by atoms with E-state index in [2.05, 4.69) is 6.92 Å². The Morgan fingerprint density at radius 1 is 0.724 bits per heavy atom. The highest BCUT2D eigenvalue weighted by Gasteiger charge is 2.16. The van der Waals surface area contributed by atoms with E-state index in [-0.39, 0.29) is 6.10 Å². The van der Waals surface area contributed by atoms with Crippen LogP contribution in [0.1, 0.15) is 103 Å². The van der Waals surface area contributed by atoms with Crippen LogP contribution in [0.15, 0.2) is 0 Å². The van der Waals surface area contributed by atoms with Crippen LogP contribution in [0.3, 0.4) is 0 Å². The molecule has 0 fully saturated rings. The Kier molecular flexibility index (Phi) is 21.4. The largest absolute Gasteiger partial charge is 0.379 e. The van der Waals surface area contributed by atoms with Crippen LogP contribution < -0.4 is 0 Å². The summed E-state index contributed by atoms with van der Waals surface area (Å²) in [6.07, 6.45) is 19.7.